The minimum Gasteiger partial charge on any atom is -0.357 e. The predicted octanol–water partition coefficient (Wildman–Crippen LogP) is 3.67. The zero-order valence-electron chi connectivity index (χ0n) is 13.1. The molecule has 22 heavy (non-hydrogen) atoms. The number of rotatable bonds is 5. The van der Waals surface area contributed by atoms with Crippen molar-refractivity contribution in [2.24, 2.45) is 4.99 Å². The fourth-order valence-electron chi connectivity index (χ4n) is 2.03. The summed E-state index contributed by atoms with van der Waals surface area (Å²) in [5.74, 6) is 0.785. The lowest BCUT2D eigenvalue weighted by atomic mass is 10.2. The number of aliphatic imine (C=N–C) groups is 1. The molecule has 1 aromatic carbocycles. The smallest absolute Gasteiger partial charge is 0.191 e. The molecule has 4 nitrogen and oxygen atoms in total. The fourth-order valence-corrected chi connectivity index (χ4v) is 3.11. The second-order valence-electron chi connectivity index (χ2n) is 4.88. The van der Waals surface area contributed by atoms with Crippen LogP contribution >= 0.6 is 22.9 Å². The van der Waals surface area contributed by atoms with Crippen molar-refractivity contribution < 1.29 is 0 Å². The first kappa shape index (κ1) is 16.8. The van der Waals surface area contributed by atoms with Gasteiger partial charge in [0.2, 0.25) is 0 Å². The zero-order chi connectivity index (χ0) is 15.9. The molecular weight excluding hydrogens is 316 g/mol. The van der Waals surface area contributed by atoms with Crippen LogP contribution in [-0.2, 0) is 13.1 Å². The highest BCUT2D eigenvalue weighted by atomic mass is 35.5. The summed E-state index contributed by atoms with van der Waals surface area (Å²) in [6.07, 6.45) is 0. The van der Waals surface area contributed by atoms with Gasteiger partial charge in [0.25, 0.3) is 0 Å². The van der Waals surface area contributed by atoms with E-state index in [-0.39, 0.29) is 0 Å². The van der Waals surface area contributed by atoms with Crippen molar-refractivity contribution in [3.8, 4) is 0 Å². The zero-order valence-corrected chi connectivity index (χ0v) is 14.7. The van der Waals surface area contributed by atoms with E-state index in [2.05, 4.69) is 27.5 Å². The van der Waals surface area contributed by atoms with Crippen molar-refractivity contribution in [2.45, 2.75) is 33.9 Å². The van der Waals surface area contributed by atoms with Crippen molar-refractivity contribution >= 4 is 28.9 Å². The average molecular weight is 337 g/mol. The molecule has 0 atom stereocenters. The molecule has 0 amide bonds. The molecule has 0 aliphatic heterocycles. The predicted molar refractivity (Wildman–Crippen MR) is 94.7 cm³/mol. The van der Waals surface area contributed by atoms with E-state index in [0.717, 1.165) is 40.3 Å². The minimum absolute atomic E-state index is 0.551. The van der Waals surface area contributed by atoms with Crippen LogP contribution in [0.4, 0.5) is 0 Å². The van der Waals surface area contributed by atoms with E-state index >= 15 is 0 Å². The number of nitrogens with zero attached hydrogens (tertiary/aromatic N) is 2. The van der Waals surface area contributed by atoms with Crippen molar-refractivity contribution in [1.29, 1.82) is 0 Å². The first-order chi connectivity index (χ1) is 10.6. The van der Waals surface area contributed by atoms with Gasteiger partial charge in [-0.2, -0.15) is 0 Å². The SMILES string of the molecule is CCNC(=NCc1ccccc1Cl)NCc1sc(C)nc1C. The van der Waals surface area contributed by atoms with Gasteiger partial charge in [0.15, 0.2) is 5.96 Å². The summed E-state index contributed by atoms with van der Waals surface area (Å²) >= 11 is 7.88. The third-order valence-electron chi connectivity index (χ3n) is 3.13. The van der Waals surface area contributed by atoms with Crippen molar-refractivity contribution in [2.75, 3.05) is 6.54 Å². The van der Waals surface area contributed by atoms with Gasteiger partial charge in [-0.25, -0.2) is 9.98 Å². The molecule has 0 fully saturated rings. The van der Waals surface area contributed by atoms with Crippen LogP contribution in [0.2, 0.25) is 5.02 Å². The minimum atomic E-state index is 0.551. The Morgan fingerprint density at radius 3 is 2.68 bits per heavy atom. The Morgan fingerprint density at radius 2 is 2.05 bits per heavy atom. The molecule has 0 unspecified atom stereocenters. The standard InChI is InChI=1S/C16H21ClN4S/c1-4-18-16(19-9-13-7-5-6-8-14(13)17)20-10-15-11(2)21-12(3)22-15/h5-8H,4,9-10H2,1-3H3,(H2,18,19,20). The van der Waals surface area contributed by atoms with Gasteiger partial charge in [-0.05, 0) is 32.4 Å². The van der Waals surface area contributed by atoms with Crippen molar-refractivity contribution in [1.82, 2.24) is 15.6 Å². The summed E-state index contributed by atoms with van der Waals surface area (Å²) in [5, 5.41) is 8.43. The summed E-state index contributed by atoms with van der Waals surface area (Å²) in [6, 6.07) is 7.77. The maximum Gasteiger partial charge on any atom is 0.191 e. The van der Waals surface area contributed by atoms with Gasteiger partial charge in [0, 0.05) is 16.4 Å². The van der Waals surface area contributed by atoms with E-state index in [0.29, 0.717) is 6.54 Å². The molecule has 2 N–H and O–H groups in total. The molecule has 1 aromatic heterocycles. The maximum atomic E-state index is 6.16. The number of hydrogen-bond donors (Lipinski definition) is 2. The molecule has 0 aliphatic carbocycles. The van der Waals surface area contributed by atoms with E-state index in [4.69, 9.17) is 11.6 Å². The lowest BCUT2D eigenvalue weighted by Crippen LogP contribution is -2.36. The maximum absolute atomic E-state index is 6.16. The number of aromatic nitrogens is 1. The Balaban J connectivity index is 2.01. The van der Waals surface area contributed by atoms with Gasteiger partial charge in [-0.3, -0.25) is 0 Å². The molecule has 2 aromatic rings. The van der Waals surface area contributed by atoms with E-state index in [1.807, 2.05) is 38.1 Å². The Bertz CT molecular complexity index is 651. The first-order valence-electron chi connectivity index (χ1n) is 7.28. The molecule has 0 saturated heterocycles. The van der Waals surface area contributed by atoms with Gasteiger partial charge in [-0.1, -0.05) is 29.8 Å². The van der Waals surface area contributed by atoms with Crippen LogP contribution in [-0.4, -0.2) is 17.5 Å². The number of benzene rings is 1. The summed E-state index contributed by atoms with van der Waals surface area (Å²) in [4.78, 5) is 10.3. The Hall–Kier alpha value is -1.59. The highest BCUT2D eigenvalue weighted by Crippen LogP contribution is 2.17. The monoisotopic (exact) mass is 336 g/mol. The van der Waals surface area contributed by atoms with E-state index in [9.17, 15) is 0 Å². The van der Waals surface area contributed by atoms with Gasteiger partial charge >= 0.3 is 0 Å². The molecule has 0 saturated carbocycles. The largest absolute Gasteiger partial charge is 0.357 e. The summed E-state index contributed by atoms with van der Waals surface area (Å²) < 4.78 is 0. The fraction of sp³-hybridized carbons (Fsp3) is 0.375. The molecule has 0 aliphatic rings. The quantitative estimate of drug-likeness (QED) is 0.647. The third-order valence-corrected chi connectivity index (χ3v) is 4.57. The topological polar surface area (TPSA) is 49.3 Å². The number of nitrogens with one attached hydrogen (secondary N) is 2. The van der Waals surface area contributed by atoms with Crippen LogP contribution in [0.5, 0.6) is 0 Å². The van der Waals surface area contributed by atoms with Crippen LogP contribution in [0.3, 0.4) is 0 Å². The van der Waals surface area contributed by atoms with Gasteiger partial charge < -0.3 is 10.6 Å². The molecule has 0 radical (unpaired) electrons. The van der Waals surface area contributed by atoms with Crippen LogP contribution in [0, 0.1) is 13.8 Å². The van der Waals surface area contributed by atoms with Crippen LogP contribution in [0.25, 0.3) is 0 Å². The van der Waals surface area contributed by atoms with E-state index in [1.54, 1.807) is 11.3 Å². The molecule has 0 bridgehead atoms. The summed E-state index contributed by atoms with van der Waals surface area (Å²) in [7, 11) is 0. The average Bonchev–Trinajstić information content (AvgIpc) is 2.81. The van der Waals surface area contributed by atoms with Crippen molar-refractivity contribution in [3.05, 3.63) is 50.4 Å². The Kier molecular flexibility index (Phi) is 6.21. The highest BCUT2D eigenvalue weighted by molar-refractivity contribution is 7.11. The van der Waals surface area contributed by atoms with Gasteiger partial charge in [-0.15, -0.1) is 11.3 Å². The lowest BCUT2D eigenvalue weighted by Gasteiger charge is -2.11. The van der Waals surface area contributed by atoms with Gasteiger partial charge in [0.1, 0.15) is 0 Å². The molecule has 0 spiro atoms. The molecule has 118 valence electrons. The number of halogens is 1. The van der Waals surface area contributed by atoms with Gasteiger partial charge in [0.05, 0.1) is 23.8 Å². The van der Waals surface area contributed by atoms with E-state index in [1.165, 1.54) is 4.88 Å². The number of aryl methyl sites for hydroxylation is 2. The number of thiazole rings is 1. The van der Waals surface area contributed by atoms with Crippen LogP contribution < -0.4 is 10.6 Å². The second-order valence-corrected chi connectivity index (χ2v) is 6.58. The third kappa shape index (κ3) is 4.71. The van der Waals surface area contributed by atoms with Crippen LogP contribution in [0.15, 0.2) is 29.3 Å². The second kappa shape index (κ2) is 8.15. The van der Waals surface area contributed by atoms with Crippen LogP contribution in [0.1, 0.15) is 28.1 Å². The summed E-state index contributed by atoms with van der Waals surface area (Å²) in [6.45, 7) is 8.21. The normalized spacial score (nSPS) is 11.5. The van der Waals surface area contributed by atoms with E-state index < -0.39 is 0 Å². The summed E-state index contributed by atoms with van der Waals surface area (Å²) in [5.41, 5.74) is 2.10. The highest BCUT2D eigenvalue weighted by Gasteiger charge is 2.06. The Morgan fingerprint density at radius 1 is 1.27 bits per heavy atom. The number of guanidine groups is 1. The first-order valence-corrected chi connectivity index (χ1v) is 8.48. The Labute approximate surface area is 140 Å². The molecular formula is C16H21ClN4S. The number of hydrogen-bond acceptors (Lipinski definition) is 3. The lowest BCUT2D eigenvalue weighted by molar-refractivity contribution is 0.819. The van der Waals surface area contributed by atoms with Crippen molar-refractivity contribution in [3.63, 3.8) is 0 Å². The molecule has 2 rings (SSSR count). The molecule has 6 heteroatoms. The molecule has 1 heterocycles.